The monoisotopic (exact) mass is 1020 g/mol. The smallest absolute Gasteiger partial charge is 0.346 e. The summed E-state index contributed by atoms with van der Waals surface area (Å²) in [6.07, 6.45) is 8.40. The molecule has 1 aliphatic rings. The van der Waals surface area contributed by atoms with Crippen LogP contribution in [-0.2, 0) is 21.0 Å². The molecule has 1 aliphatic carbocycles. The number of aromatic nitrogens is 3. The van der Waals surface area contributed by atoms with Gasteiger partial charge in [0.15, 0.2) is 0 Å². The first-order valence-electron chi connectivity index (χ1n) is 25.9. The van der Waals surface area contributed by atoms with Crippen LogP contribution in [0.15, 0.2) is 138 Å². The molecule has 0 bridgehead atoms. The maximum atomic E-state index is 11.9. The maximum absolute atomic E-state index is 11.9. The molecule has 370 valence electrons. The Kier molecular flexibility index (Phi) is 12.7. The number of nitrogens with zero attached hydrogens (tertiary/aromatic N) is 4. The first-order valence-corrected chi connectivity index (χ1v) is 28.4. The molecule has 10 aromatic rings. The van der Waals surface area contributed by atoms with Crippen LogP contribution in [-0.4, -0.2) is 25.6 Å². The Morgan fingerprint density at radius 3 is 1.81 bits per heavy atom. The molecular weight excluding hydrogens is 965 g/mol. The van der Waals surface area contributed by atoms with Crippen molar-refractivity contribution in [2.75, 3.05) is 0 Å². The van der Waals surface area contributed by atoms with Crippen LogP contribution in [0.25, 0.3) is 97.8 Å². The zero-order valence-electron chi connectivity index (χ0n) is 43.4. The van der Waals surface area contributed by atoms with E-state index in [4.69, 9.17) is 9.97 Å². The standard InChI is InChI=1S/C65H60N4O2S3/c1-9-11-32-65(33-12-10-2)50-16-14-13-15-46(50)47-27-25-44(36-51(47)65)69-52-31-34-72-60(52)61-53(69)37-55(74-61)49-29-28-48(54-30-26-45(73-54)35-41(38-66)62(70)71)58-59(49)68-57(40-19-23-43(24-20-40)64(6,7)8)56(67-58)39-17-21-42(22-18-39)63(3,4)5/h13-31,34-37H,9-12,32-33H2,1-8H3,(H,70,71)/b41-35+. The van der Waals surface area contributed by atoms with Crippen molar-refractivity contribution in [2.45, 2.75) is 110 Å². The normalized spacial score (nSPS) is 13.5. The first kappa shape index (κ1) is 49.3. The minimum atomic E-state index is -1.25. The molecular formula is C65H60N4O2S3. The number of rotatable bonds is 13. The minimum Gasteiger partial charge on any atom is -0.477 e. The molecule has 0 fully saturated rings. The highest BCUT2D eigenvalue weighted by Crippen LogP contribution is 2.55. The van der Waals surface area contributed by atoms with Crippen LogP contribution < -0.4 is 0 Å². The van der Waals surface area contributed by atoms with Crippen molar-refractivity contribution in [1.29, 1.82) is 5.26 Å². The van der Waals surface area contributed by atoms with E-state index in [-0.39, 0.29) is 21.8 Å². The lowest BCUT2D eigenvalue weighted by atomic mass is 9.71. The zero-order valence-corrected chi connectivity index (χ0v) is 45.8. The van der Waals surface area contributed by atoms with E-state index < -0.39 is 5.97 Å². The Balaban J connectivity index is 1.14. The number of carbonyl (C=O) groups is 1. The fraction of sp³-hybridized carbons (Fsp3) is 0.262. The SMILES string of the molecule is CCCCC1(CCCC)c2ccccc2-c2ccc(-n3c4ccsc4c4sc(-c5ccc(-c6ccc(/C=C(\C#N)C(=O)O)s6)c6nc(-c7ccc(C(C)(C)C)cc7)c(-c7ccc(C(C)(C)C)cc7)nc56)cc43)cc21. The van der Waals surface area contributed by atoms with Crippen molar-refractivity contribution < 1.29 is 9.90 Å². The van der Waals surface area contributed by atoms with Gasteiger partial charge in [-0.3, -0.25) is 0 Å². The van der Waals surface area contributed by atoms with Crippen molar-refractivity contribution >= 4 is 77.5 Å². The Labute approximate surface area is 446 Å². The molecule has 0 amide bonds. The number of carboxylic acid groups (broad SMARTS) is 1. The molecule has 74 heavy (non-hydrogen) atoms. The van der Waals surface area contributed by atoms with Crippen LogP contribution in [0, 0.1) is 11.3 Å². The zero-order chi connectivity index (χ0) is 51.7. The molecule has 0 spiro atoms. The molecule has 11 rings (SSSR count). The number of hydrogen-bond acceptors (Lipinski definition) is 7. The van der Waals surface area contributed by atoms with E-state index in [9.17, 15) is 15.2 Å². The molecule has 0 unspecified atom stereocenters. The number of hydrogen-bond donors (Lipinski definition) is 1. The maximum Gasteiger partial charge on any atom is 0.346 e. The summed E-state index contributed by atoms with van der Waals surface area (Å²) in [7, 11) is 0. The fourth-order valence-corrected chi connectivity index (χ4v) is 14.3. The van der Waals surface area contributed by atoms with Crippen LogP contribution >= 0.6 is 34.0 Å². The van der Waals surface area contributed by atoms with Crippen LogP contribution in [0.3, 0.4) is 0 Å². The number of fused-ring (bicyclic) bond motifs is 7. The molecule has 6 nitrogen and oxygen atoms in total. The van der Waals surface area contributed by atoms with Crippen molar-refractivity contribution in [2.24, 2.45) is 0 Å². The number of carboxylic acids is 1. The third-order valence-corrected chi connectivity index (χ3v) is 18.4. The van der Waals surface area contributed by atoms with Crippen molar-refractivity contribution in [3.63, 3.8) is 0 Å². The average Bonchev–Trinajstić information content (AvgIpc) is 4.24. The van der Waals surface area contributed by atoms with Crippen molar-refractivity contribution in [3.8, 4) is 66.3 Å². The molecule has 0 radical (unpaired) electrons. The van der Waals surface area contributed by atoms with Crippen LogP contribution in [0.1, 0.15) is 121 Å². The third-order valence-electron chi connectivity index (χ3n) is 15.1. The summed E-state index contributed by atoms with van der Waals surface area (Å²) in [4.78, 5) is 26.0. The van der Waals surface area contributed by atoms with E-state index >= 15 is 0 Å². The number of benzene rings is 5. The van der Waals surface area contributed by atoms with Crippen LogP contribution in [0.5, 0.6) is 0 Å². The van der Waals surface area contributed by atoms with Gasteiger partial charge in [0, 0.05) is 48.0 Å². The third kappa shape index (κ3) is 8.51. The van der Waals surface area contributed by atoms with E-state index in [0.717, 1.165) is 80.1 Å². The Hall–Kier alpha value is -6.96. The van der Waals surface area contributed by atoms with Gasteiger partial charge in [0.25, 0.3) is 0 Å². The Morgan fingerprint density at radius 1 is 0.649 bits per heavy atom. The second-order valence-electron chi connectivity index (χ2n) is 22.0. The molecule has 1 N–H and O–H groups in total. The Morgan fingerprint density at radius 2 is 1.23 bits per heavy atom. The van der Waals surface area contributed by atoms with Crippen molar-refractivity contribution in [3.05, 3.63) is 165 Å². The van der Waals surface area contributed by atoms with Gasteiger partial charge >= 0.3 is 5.97 Å². The fourth-order valence-electron chi connectivity index (χ4n) is 11.2. The van der Waals surface area contributed by atoms with Gasteiger partial charge in [-0.05, 0) is 105 Å². The summed E-state index contributed by atoms with van der Waals surface area (Å²) in [6.45, 7) is 18.0. The minimum absolute atomic E-state index is 0.0254. The van der Waals surface area contributed by atoms with Gasteiger partial charge in [-0.1, -0.05) is 172 Å². The highest BCUT2D eigenvalue weighted by Gasteiger charge is 2.42. The largest absolute Gasteiger partial charge is 0.477 e. The van der Waals surface area contributed by atoms with E-state index in [1.54, 1.807) is 11.3 Å². The lowest BCUT2D eigenvalue weighted by Crippen LogP contribution is -2.25. The lowest BCUT2D eigenvalue weighted by Gasteiger charge is -2.33. The van der Waals surface area contributed by atoms with E-state index in [1.807, 2.05) is 29.5 Å². The number of aliphatic carboxylic acids is 1. The van der Waals surface area contributed by atoms with Gasteiger partial charge in [-0.25, -0.2) is 14.8 Å². The summed E-state index contributed by atoms with van der Waals surface area (Å²) in [5.41, 5.74) is 18.3. The highest BCUT2D eigenvalue weighted by atomic mass is 32.1. The van der Waals surface area contributed by atoms with Gasteiger partial charge in [-0.2, -0.15) is 5.26 Å². The lowest BCUT2D eigenvalue weighted by molar-refractivity contribution is -0.132. The molecule has 0 saturated carbocycles. The molecule has 5 aromatic heterocycles. The summed E-state index contributed by atoms with van der Waals surface area (Å²) < 4.78 is 5.01. The predicted molar refractivity (Wildman–Crippen MR) is 313 cm³/mol. The van der Waals surface area contributed by atoms with Gasteiger partial charge < -0.3 is 9.67 Å². The molecule has 0 atom stereocenters. The molecule has 0 saturated heterocycles. The van der Waals surface area contributed by atoms with E-state index in [2.05, 4.69) is 181 Å². The molecule has 5 heterocycles. The van der Waals surface area contributed by atoms with E-state index in [1.165, 1.54) is 89.8 Å². The van der Waals surface area contributed by atoms with Gasteiger partial charge in [0.2, 0.25) is 0 Å². The summed E-state index contributed by atoms with van der Waals surface area (Å²) in [5.74, 6) is -1.25. The van der Waals surface area contributed by atoms with Gasteiger partial charge in [0.1, 0.15) is 11.6 Å². The first-order chi connectivity index (χ1) is 35.6. The Bertz CT molecular complexity index is 3870. The summed E-state index contributed by atoms with van der Waals surface area (Å²) >= 11 is 5.04. The quantitative estimate of drug-likeness (QED) is 0.0917. The number of unbranched alkanes of at least 4 members (excludes halogenated alkanes) is 2. The average molecular weight is 1030 g/mol. The van der Waals surface area contributed by atoms with Gasteiger partial charge in [0.05, 0.1) is 42.9 Å². The predicted octanol–water partition coefficient (Wildman–Crippen LogP) is 18.8. The molecule has 9 heteroatoms. The molecule has 5 aromatic carbocycles. The van der Waals surface area contributed by atoms with Crippen molar-refractivity contribution in [1.82, 2.24) is 14.5 Å². The highest BCUT2D eigenvalue weighted by molar-refractivity contribution is 7.28. The second-order valence-corrected chi connectivity index (χ2v) is 25.1. The number of nitriles is 1. The topological polar surface area (TPSA) is 91.8 Å². The molecule has 0 aliphatic heterocycles. The number of thiophene rings is 3. The van der Waals surface area contributed by atoms with E-state index in [0.29, 0.717) is 4.88 Å². The summed E-state index contributed by atoms with van der Waals surface area (Å²) in [5, 5.41) is 21.6. The van der Waals surface area contributed by atoms with Crippen LogP contribution in [0.4, 0.5) is 0 Å². The van der Waals surface area contributed by atoms with Gasteiger partial charge in [-0.15, -0.1) is 34.0 Å². The second kappa shape index (κ2) is 19.1. The summed E-state index contributed by atoms with van der Waals surface area (Å²) in [6, 6.07) is 48.6. The van der Waals surface area contributed by atoms with Crippen LogP contribution in [0.2, 0.25) is 0 Å².